The molecule has 8 aromatic carbocycles. The van der Waals surface area contributed by atoms with Crippen LogP contribution in [0.5, 0.6) is 0 Å². The zero-order valence-corrected chi connectivity index (χ0v) is 30.2. The van der Waals surface area contributed by atoms with E-state index in [1.165, 1.54) is 27.4 Å². The average molecular weight is 717 g/mol. The number of furan rings is 1. The van der Waals surface area contributed by atoms with Gasteiger partial charge in [-0.3, -0.25) is 0 Å². The van der Waals surface area contributed by atoms with Crippen molar-refractivity contribution >= 4 is 43.7 Å². The van der Waals surface area contributed by atoms with Gasteiger partial charge in [-0.25, -0.2) is 15.0 Å². The minimum atomic E-state index is 0.591. The zero-order valence-electron chi connectivity index (χ0n) is 30.2. The SMILES string of the molecule is c1ccc(-c2nc(-c3ccccc3)nc(-c3ccc4c(c3)oc3c(-c5ccccc5-c5cccc6c5c5ccccc5n6-c5ccccc5)cccc34)n2)cc1. The van der Waals surface area contributed by atoms with Crippen LogP contribution in [-0.4, -0.2) is 19.5 Å². The summed E-state index contributed by atoms with van der Waals surface area (Å²) in [6.07, 6.45) is 0. The Morgan fingerprint density at radius 1 is 0.357 bits per heavy atom. The number of hydrogen-bond acceptors (Lipinski definition) is 4. The molecule has 0 aliphatic heterocycles. The molecule has 5 nitrogen and oxygen atoms in total. The molecule has 11 aromatic rings. The highest BCUT2D eigenvalue weighted by molar-refractivity contribution is 6.18. The lowest BCUT2D eigenvalue weighted by molar-refractivity contribution is 0.670. The van der Waals surface area contributed by atoms with E-state index < -0.39 is 0 Å². The molecule has 0 aliphatic carbocycles. The van der Waals surface area contributed by atoms with Crippen LogP contribution in [0.3, 0.4) is 0 Å². The number of rotatable bonds is 6. The second-order valence-corrected chi connectivity index (χ2v) is 14.0. The van der Waals surface area contributed by atoms with E-state index >= 15 is 0 Å². The van der Waals surface area contributed by atoms with Gasteiger partial charge in [-0.15, -0.1) is 0 Å². The van der Waals surface area contributed by atoms with Gasteiger partial charge in [0.1, 0.15) is 11.2 Å². The quantitative estimate of drug-likeness (QED) is 0.172. The molecular weight excluding hydrogens is 685 g/mol. The summed E-state index contributed by atoms with van der Waals surface area (Å²) in [5, 5.41) is 4.54. The highest BCUT2D eigenvalue weighted by atomic mass is 16.3. The summed E-state index contributed by atoms with van der Waals surface area (Å²) >= 11 is 0. The maximum atomic E-state index is 6.87. The summed E-state index contributed by atoms with van der Waals surface area (Å²) in [6, 6.07) is 67.4. The lowest BCUT2D eigenvalue weighted by atomic mass is 9.91. The van der Waals surface area contributed by atoms with Crippen molar-refractivity contribution in [3.05, 3.63) is 194 Å². The van der Waals surface area contributed by atoms with E-state index in [0.717, 1.165) is 61.0 Å². The topological polar surface area (TPSA) is 56.7 Å². The van der Waals surface area contributed by atoms with Crippen molar-refractivity contribution < 1.29 is 4.42 Å². The average Bonchev–Trinajstić information content (AvgIpc) is 3.83. The Hall–Kier alpha value is -7.63. The maximum Gasteiger partial charge on any atom is 0.164 e. The van der Waals surface area contributed by atoms with Crippen molar-refractivity contribution in [1.29, 1.82) is 0 Å². The highest BCUT2D eigenvalue weighted by Crippen LogP contribution is 2.44. The molecule has 0 spiro atoms. The molecule has 0 radical (unpaired) electrons. The number of nitrogens with zero attached hydrogens (tertiary/aromatic N) is 4. The summed E-state index contributed by atoms with van der Waals surface area (Å²) in [4.78, 5) is 14.8. The zero-order chi connectivity index (χ0) is 37.0. The van der Waals surface area contributed by atoms with Crippen molar-refractivity contribution in [2.24, 2.45) is 0 Å². The van der Waals surface area contributed by atoms with Gasteiger partial charge in [-0.1, -0.05) is 158 Å². The lowest BCUT2D eigenvalue weighted by Gasteiger charge is -2.13. The smallest absolute Gasteiger partial charge is 0.164 e. The van der Waals surface area contributed by atoms with Gasteiger partial charge in [0, 0.05) is 49.5 Å². The summed E-state index contributed by atoms with van der Waals surface area (Å²) in [6.45, 7) is 0. The number of hydrogen-bond donors (Lipinski definition) is 0. The van der Waals surface area contributed by atoms with Crippen LogP contribution in [0.1, 0.15) is 0 Å². The Labute approximate surface area is 322 Å². The van der Waals surface area contributed by atoms with Crippen molar-refractivity contribution in [3.8, 4) is 62.1 Å². The molecule has 5 heteroatoms. The second-order valence-electron chi connectivity index (χ2n) is 14.0. The van der Waals surface area contributed by atoms with E-state index in [1.807, 2.05) is 60.7 Å². The minimum absolute atomic E-state index is 0.591. The Bertz CT molecular complexity index is 3180. The van der Waals surface area contributed by atoms with Gasteiger partial charge in [-0.2, -0.15) is 0 Å². The highest BCUT2D eigenvalue weighted by Gasteiger charge is 2.21. The summed E-state index contributed by atoms with van der Waals surface area (Å²) < 4.78 is 9.23. The molecule has 0 saturated carbocycles. The third kappa shape index (κ3) is 5.21. The van der Waals surface area contributed by atoms with Gasteiger partial charge in [0.05, 0.1) is 11.0 Å². The Morgan fingerprint density at radius 3 is 1.59 bits per heavy atom. The third-order valence-corrected chi connectivity index (χ3v) is 10.7. The van der Waals surface area contributed by atoms with Crippen molar-refractivity contribution in [1.82, 2.24) is 19.5 Å². The fraction of sp³-hybridized carbons (Fsp3) is 0. The second kappa shape index (κ2) is 13.0. The molecule has 0 unspecified atom stereocenters. The van der Waals surface area contributed by atoms with E-state index in [2.05, 4.69) is 138 Å². The standard InChI is InChI=1S/C51H32N4O/c1-4-16-33(17-5-1)49-52-50(34-18-6-2-7-19-34)54-51(53-49)35-30-31-39-42-27-14-26-41(48(42)56-46(39)32-35)38-23-11-10-22-37(38)40-25-15-29-45-47(40)43-24-12-13-28-44(43)55(45)36-20-8-3-9-21-36/h1-32H. The molecule has 56 heavy (non-hydrogen) atoms. The van der Waals surface area contributed by atoms with Crippen LogP contribution in [0, 0.1) is 0 Å². The molecule has 0 N–H and O–H groups in total. The van der Waals surface area contributed by atoms with E-state index in [-0.39, 0.29) is 0 Å². The first-order valence-corrected chi connectivity index (χ1v) is 18.8. The van der Waals surface area contributed by atoms with Crippen molar-refractivity contribution in [2.75, 3.05) is 0 Å². The molecular formula is C51H32N4O. The first-order valence-electron chi connectivity index (χ1n) is 18.8. The molecule has 0 bridgehead atoms. The van der Waals surface area contributed by atoms with E-state index in [4.69, 9.17) is 19.4 Å². The normalized spacial score (nSPS) is 11.6. The summed E-state index contributed by atoms with van der Waals surface area (Å²) in [7, 11) is 0. The predicted octanol–water partition coefficient (Wildman–Crippen LogP) is 13.2. The van der Waals surface area contributed by atoms with Crippen LogP contribution >= 0.6 is 0 Å². The Morgan fingerprint density at radius 2 is 0.875 bits per heavy atom. The molecule has 3 heterocycles. The molecule has 3 aromatic heterocycles. The van der Waals surface area contributed by atoms with Gasteiger partial charge in [0.25, 0.3) is 0 Å². The molecule has 0 amide bonds. The lowest BCUT2D eigenvalue weighted by Crippen LogP contribution is -2.00. The maximum absolute atomic E-state index is 6.87. The number of para-hydroxylation sites is 3. The molecule has 0 saturated heterocycles. The summed E-state index contributed by atoms with van der Waals surface area (Å²) in [5.41, 5.74) is 12.3. The molecule has 0 atom stereocenters. The van der Waals surface area contributed by atoms with E-state index in [0.29, 0.717) is 17.5 Å². The molecule has 0 aliphatic rings. The van der Waals surface area contributed by atoms with E-state index in [1.54, 1.807) is 0 Å². The fourth-order valence-electron chi connectivity index (χ4n) is 8.14. The van der Waals surface area contributed by atoms with Gasteiger partial charge in [0.15, 0.2) is 17.5 Å². The van der Waals surface area contributed by atoms with Crippen LogP contribution in [0.2, 0.25) is 0 Å². The first-order chi connectivity index (χ1) is 27.8. The van der Waals surface area contributed by atoms with Gasteiger partial charge < -0.3 is 8.98 Å². The van der Waals surface area contributed by atoms with Gasteiger partial charge >= 0.3 is 0 Å². The molecule has 0 fully saturated rings. The van der Waals surface area contributed by atoms with Crippen LogP contribution in [0.4, 0.5) is 0 Å². The molecule has 262 valence electrons. The van der Waals surface area contributed by atoms with Crippen LogP contribution in [0.25, 0.3) is 106 Å². The van der Waals surface area contributed by atoms with Crippen molar-refractivity contribution in [3.63, 3.8) is 0 Å². The van der Waals surface area contributed by atoms with E-state index in [9.17, 15) is 0 Å². The Balaban J connectivity index is 1.08. The minimum Gasteiger partial charge on any atom is -0.455 e. The largest absolute Gasteiger partial charge is 0.455 e. The van der Waals surface area contributed by atoms with Crippen LogP contribution < -0.4 is 0 Å². The predicted molar refractivity (Wildman–Crippen MR) is 229 cm³/mol. The van der Waals surface area contributed by atoms with Gasteiger partial charge in [-0.05, 0) is 53.1 Å². The van der Waals surface area contributed by atoms with Gasteiger partial charge in [0.2, 0.25) is 0 Å². The number of aromatic nitrogens is 4. The Kier molecular flexibility index (Phi) is 7.42. The third-order valence-electron chi connectivity index (χ3n) is 10.7. The monoisotopic (exact) mass is 716 g/mol. The first kappa shape index (κ1) is 31.9. The number of fused-ring (bicyclic) bond motifs is 6. The number of benzene rings is 8. The summed E-state index contributed by atoms with van der Waals surface area (Å²) in [5.74, 6) is 1.84. The fourth-order valence-corrected chi connectivity index (χ4v) is 8.14. The van der Waals surface area contributed by atoms with Crippen LogP contribution in [0.15, 0.2) is 199 Å². The molecule has 11 rings (SSSR count). The van der Waals surface area contributed by atoms with Crippen molar-refractivity contribution in [2.45, 2.75) is 0 Å². The van der Waals surface area contributed by atoms with Crippen LogP contribution in [-0.2, 0) is 0 Å².